The second-order valence-electron chi connectivity index (χ2n) is 5.62. The van der Waals surface area contributed by atoms with Crippen LogP contribution in [0.5, 0.6) is 0 Å². The van der Waals surface area contributed by atoms with Crippen LogP contribution in [-0.4, -0.2) is 42.8 Å². The molecule has 1 amide bonds. The Kier molecular flexibility index (Phi) is 3.65. The van der Waals surface area contributed by atoms with Crippen LogP contribution in [0.1, 0.15) is 5.56 Å². The van der Waals surface area contributed by atoms with Gasteiger partial charge < -0.3 is 20.5 Å². The van der Waals surface area contributed by atoms with Crippen molar-refractivity contribution >= 4 is 17.6 Å². The smallest absolute Gasteiger partial charge is 0.308 e. The van der Waals surface area contributed by atoms with E-state index in [1.165, 1.54) is 0 Å². The summed E-state index contributed by atoms with van der Waals surface area (Å²) < 4.78 is 5.25. The maximum atomic E-state index is 12.7. The molecule has 1 aromatic rings. The predicted molar refractivity (Wildman–Crippen MR) is 75.9 cm³/mol. The van der Waals surface area contributed by atoms with Crippen LogP contribution >= 0.6 is 0 Å². The zero-order valence-corrected chi connectivity index (χ0v) is 11.6. The van der Waals surface area contributed by atoms with Crippen LogP contribution in [0.3, 0.4) is 0 Å². The Bertz CT molecular complexity index is 575. The summed E-state index contributed by atoms with van der Waals surface area (Å²) in [5.74, 6) is -2.00. The zero-order chi connectivity index (χ0) is 15.0. The molecule has 2 heterocycles. The highest BCUT2D eigenvalue weighted by molar-refractivity contribution is 5.97. The van der Waals surface area contributed by atoms with E-state index in [-0.39, 0.29) is 18.5 Å². The number of aliphatic carboxylic acids is 1. The van der Waals surface area contributed by atoms with Crippen molar-refractivity contribution in [3.63, 3.8) is 0 Å². The van der Waals surface area contributed by atoms with Crippen LogP contribution in [0.2, 0.25) is 0 Å². The van der Waals surface area contributed by atoms with Crippen LogP contribution < -0.4 is 10.6 Å². The Morgan fingerprint density at radius 2 is 2.05 bits per heavy atom. The molecule has 21 heavy (non-hydrogen) atoms. The molecular weight excluding hydrogens is 272 g/mol. The Morgan fingerprint density at radius 3 is 2.71 bits per heavy atom. The summed E-state index contributed by atoms with van der Waals surface area (Å²) in [6.45, 7) is 0.860. The predicted octanol–water partition coefficient (Wildman–Crippen LogP) is 0.250. The molecule has 112 valence electrons. The van der Waals surface area contributed by atoms with Gasteiger partial charge in [0.1, 0.15) is 0 Å². The SMILES string of the molecule is NC1COCC1C(=O)N1CC(C(=O)O)Cc2ccccc21. The van der Waals surface area contributed by atoms with Crippen LogP contribution in [-0.2, 0) is 20.7 Å². The van der Waals surface area contributed by atoms with Crippen molar-refractivity contribution in [3.05, 3.63) is 29.8 Å². The summed E-state index contributed by atoms with van der Waals surface area (Å²) in [7, 11) is 0. The molecule has 2 aliphatic heterocycles. The minimum atomic E-state index is -0.880. The van der Waals surface area contributed by atoms with Gasteiger partial charge in [-0.05, 0) is 18.1 Å². The Morgan fingerprint density at radius 1 is 1.29 bits per heavy atom. The number of carboxylic acids is 1. The van der Waals surface area contributed by atoms with Crippen molar-refractivity contribution in [1.29, 1.82) is 0 Å². The molecule has 1 fully saturated rings. The molecule has 0 bridgehead atoms. The quantitative estimate of drug-likeness (QED) is 0.814. The maximum Gasteiger partial charge on any atom is 0.308 e. The number of amides is 1. The third-order valence-corrected chi connectivity index (χ3v) is 4.21. The first-order valence-electron chi connectivity index (χ1n) is 7.03. The normalized spacial score (nSPS) is 28.2. The van der Waals surface area contributed by atoms with Gasteiger partial charge in [0.2, 0.25) is 5.91 Å². The number of nitrogens with two attached hydrogens (primary N) is 1. The number of benzene rings is 1. The molecule has 0 saturated carbocycles. The van der Waals surface area contributed by atoms with Crippen LogP contribution in [0.4, 0.5) is 5.69 Å². The lowest BCUT2D eigenvalue weighted by atomic mass is 9.91. The summed E-state index contributed by atoms with van der Waals surface area (Å²) in [4.78, 5) is 25.6. The molecule has 3 rings (SSSR count). The second-order valence-corrected chi connectivity index (χ2v) is 5.62. The number of ether oxygens (including phenoxy) is 1. The van der Waals surface area contributed by atoms with Crippen molar-refractivity contribution in [2.24, 2.45) is 17.6 Å². The maximum absolute atomic E-state index is 12.7. The van der Waals surface area contributed by atoms with Gasteiger partial charge in [-0.25, -0.2) is 0 Å². The topological polar surface area (TPSA) is 92.9 Å². The van der Waals surface area contributed by atoms with E-state index in [1.54, 1.807) is 4.90 Å². The summed E-state index contributed by atoms with van der Waals surface area (Å²) in [6, 6.07) is 7.11. The molecule has 0 aliphatic carbocycles. The van der Waals surface area contributed by atoms with Gasteiger partial charge in [-0.2, -0.15) is 0 Å². The molecule has 0 radical (unpaired) electrons. The second kappa shape index (κ2) is 5.46. The number of fused-ring (bicyclic) bond motifs is 1. The highest BCUT2D eigenvalue weighted by Gasteiger charge is 2.39. The van der Waals surface area contributed by atoms with Crippen molar-refractivity contribution < 1.29 is 19.4 Å². The third-order valence-electron chi connectivity index (χ3n) is 4.21. The number of hydrogen-bond acceptors (Lipinski definition) is 4. The average molecular weight is 290 g/mol. The standard InChI is InChI=1S/C15H18N2O4/c16-12-8-21-7-11(12)14(18)17-6-10(15(19)20)5-9-3-1-2-4-13(9)17/h1-4,10-12H,5-8,16H2,(H,19,20). The molecule has 6 nitrogen and oxygen atoms in total. The van der Waals surface area contributed by atoms with Crippen molar-refractivity contribution in [2.75, 3.05) is 24.7 Å². The van der Waals surface area contributed by atoms with Crippen molar-refractivity contribution in [3.8, 4) is 0 Å². The van der Waals surface area contributed by atoms with E-state index in [0.717, 1.165) is 11.3 Å². The van der Waals surface area contributed by atoms with Gasteiger partial charge in [-0.15, -0.1) is 0 Å². The highest BCUT2D eigenvalue weighted by Crippen LogP contribution is 2.31. The summed E-state index contributed by atoms with van der Waals surface area (Å²) in [5.41, 5.74) is 7.59. The van der Waals surface area contributed by atoms with Crippen molar-refractivity contribution in [2.45, 2.75) is 12.5 Å². The van der Waals surface area contributed by atoms with Crippen LogP contribution in [0.25, 0.3) is 0 Å². The molecule has 1 aromatic carbocycles. The zero-order valence-electron chi connectivity index (χ0n) is 11.6. The van der Waals surface area contributed by atoms with Gasteiger partial charge in [0.25, 0.3) is 0 Å². The van der Waals surface area contributed by atoms with Crippen molar-refractivity contribution in [1.82, 2.24) is 0 Å². The van der Waals surface area contributed by atoms with E-state index in [9.17, 15) is 14.7 Å². The first-order chi connectivity index (χ1) is 10.1. The first kappa shape index (κ1) is 14.0. The number of carbonyl (C=O) groups excluding carboxylic acids is 1. The minimum Gasteiger partial charge on any atom is -0.481 e. The Balaban J connectivity index is 1.92. The summed E-state index contributed by atoms with van der Waals surface area (Å²) in [5, 5.41) is 9.29. The van der Waals surface area contributed by atoms with Gasteiger partial charge in [0.15, 0.2) is 0 Å². The first-order valence-corrected chi connectivity index (χ1v) is 7.03. The fraction of sp³-hybridized carbons (Fsp3) is 0.467. The van der Waals surface area contributed by atoms with Gasteiger partial charge in [0, 0.05) is 18.3 Å². The molecule has 6 heteroatoms. The van der Waals surface area contributed by atoms with Gasteiger partial charge in [-0.3, -0.25) is 9.59 Å². The molecule has 3 atom stereocenters. The molecule has 2 aliphatic rings. The van der Waals surface area contributed by atoms with E-state index in [2.05, 4.69) is 0 Å². The molecule has 0 aromatic heterocycles. The summed E-state index contributed by atoms with van der Waals surface area (Å²) >= 11 is 0. The van der Waals surface area contributed by atoms with E-state index >= 15 is 0 Å². The lowest BCUT2D eigenvalue weighted by molar-refractivity contribution is -0.141. The third kappa shape index (κ3) is 2.52. The number of nitrogens with zero attached hydrogens (tertiary/aromatic N) is 1. The molecule has 1 saturated heterocycles. The monoisotopic (exact) mass is 290 g/mol. The largest absolute Gasteiger partial charge is 0.481 e. The average Bonchev–Trinajstić information content (AvgIpc) is 2.91. The highest BCUT2D eigenvalue weighted by atomic mass is 16.5. The van der Waals surface area contributed by atoms with E-state index < -0.39 is 17.8 Å². The number of anilines is 1. The minimum absolute atomic E-state index is 0.140. The Labute approximate surface area is 122 Å². The molecule has 3 unspecified atom stereocenters. The number of para-hydroxylation sites is 1. The molecule has 3 N–H and O–H groups in total. The fourth-order valence-corrected chi connectivity index (χ4v) is 3.00. The number of carbonyl (C=O) groups is 2. The molecular formula is C15H18N2O4. The van der Waals surface area contributed by atoms with Crippen LogP contribution in [0, 0.1) is 11.8 Å². The van der Waals surface area contributed by atoms with Crippen LogP contribution in [0.15, 0.2) is 24.3 Å². The fourth-order valence-electron chi connectivity index (χ4n) is 3.00. The van der Waals surface area contributed by atoms with Gasteiger partial charge in [-0.1, -0.05) is 18.2 Å². The van der Waals surface area contributed by atoms with Gasteiger partial charge in [0.05, 0.1) is 25.0 Å². The Hall–Kier alpha value is -1.92. The summed E-state index contributed by atoms with van der Waals surface area (Å²) in [6.07, 6.45) is 0.447. The van der Waals surface area contributed by atoms with E-state index in [4.69, 9.17) is 10.5 Å². The number of hydrogen-bond donors (Lipinski definition) is 2. The lowest BCUT2D eigenvalue weighted by Crippen LogP contribution is -2.48. The number of carboxylic acid groups (broad SMARTS) is 1. The molecule has 0 spiro atoms. The van der Waals surface area contributed by atoms with E-state index in [1.807, 2.05) is 24.3 Å². The van der Waals surface area contributed by atoms with E-state index in [0.29, 0.717) is 19.6 Å². The lowest BCUT2D eigenvalue weighted by Gasteiger charge is -2.34. The van der Waals surface area contributed by atoms with Gasteiger partial charge >= 0.3 is 5.97 Å². The number of rotatable bonds is 2.